The predicted molar refractivity (Wildman–Crippen MR) is 136 cm³/mol. The molecular weight excluding hydrogens is 462 g/mol. The van der Waals surface area contributed by atoms with E-state index in [-0.39, 0.29) is 5.91 Å². The van der Waals surface area contributed by atoms with Crippen LogP contribution in [-0.2, 0) is 11.2 Å². The molecule has 0 radical (unpaired) electrons. The Bertz CT molecular complexity index is 1410. The van der Waals surface area contributed by atoms with Gasteiger partial charge in [0.2, 0.25) is 4.90 Å². The van der Waals surface area contributed by atoms with Crippen LogP contribution in [0.3, 0.4) is 0 Å². The summed E-state index contributed by atoms with van der Waals surface area (Å²) >= 11 is -1.26. The van der Waals surface area contributed by atoms with Gasteiger partial charge in [0.15, 0.2) is 11.6 Å². The zero-order chi connectivity index (χ0) is 24.9. The van der Waals surface area contributed by atoms with Gasteiger partial charge in [0.05, 0.1) is 25.7 Å². The van der Waals surface area contributed by atoms with Crippen molar-refractivity contribution in [2.24, 2.45) is 0 Å². The van der Waals surface area contributed by atoms with Crippen LogP contribution in [0, 0.1) is 6.92 Å². The molecule has 1 N–H and O–H groups in total. The number of aryl methyl sites for hydroxylation is 1. The number of hydrogen-bond donors (Lipinski definition) is 1. The quantitative estimate of drug-likeness (QED) is 0.406. The summed E-state index contributed by atoms with van der Waals surface area (Å²) in [6.45, 7) is 7.82. The Morgan fingerprint density at radius 3 is 2.66 bits per heavy atom. The first kappa shape index (κ1) is 23.4. The number of ether oxygens (including phenoxy) is 1. The molecule has 0 bridgehead atoms. The SMILES string of the molecule is COc1cc2nc(-n3cc(-c4cc(C(=O)NC5CC5)ccc4C)cn3)cn2cc1[S+]([O-])C(C)(C)C. The van der Waals surface area contributed by atoms with Crippen molar-refractivity contribution in [2.75, 3.05) is 7.11 Å². The summed E-state index contributed by atoms with van der Waals surface area (Å²) in [4.78, 5) is 17.8. The molecule has 4 aromatic rings. The maximum absolute atomic E-state index is 13.0. The highest BCUT2D eigenvalue weighted by Crippen LogP contribution is 2.33. The molecule has 1 atom stereocenters. The molecule has 5 rings (SSSR count). The lowest BCUT2D eigenvalue weighted by atomic mass is 10.0. The minimum atomic E-state index is -1.26. The molecule has 0 saturated heterocycles. The molecule has 1 unspecified atom stereocenters. The van der Waals surface area contributed by atoms with Crippen LogP contribution in [0.5, 0.6) is 5.75 Å². The van der Waals surface area contributed by atoms with Gasteiger partial charge in [-0.3, -0.25) is 9.20 Å². The van der Waals surface area contributed by atoms with Crippen molar-refractivity contribution < 1.29 is 14.1 Å². The first-order valence-electron chi connectivity index (χ1n) is 11.6. The van der Waals surface area contributed by atoms with Gasteiger partial charge in [0, 0.05) is 29.4 Å². The number of fused-ring (bicyclic) bond motifs is 1. The monoisotopic (exact) mass is 491 g/mol. The maximum Gasteiger partial charge on any atom is 0.251 e. The molecule has 0 aliphatic heterocycles. The van der Waals surface area contributed by atoms with E-state index in [4.69, 9.17) is 4.74 Å². The number of rotatable bonds is 6. The molecule has 3 heterocycles. The molecule has 1 amide bonds. The molecule has 3 aromatic heterocycles. The summed E-state index contributed by atoms with van der Waals surface area (Å²) in [5.74, 6) is 1.12. The highest BCUT2D eigenvalue weighted by Gasteiger charge is 2.32. The predicted octanol–water partition coefficient (Wildman–Crippen LogP) is 4.30. The van der Waals surface area contributed by atoms with Crippen LogP contribution >= 0.6 is 0 Å². The molecule has 1 fully saturated rings. The third-order valence-corrected chi connectivity index (χ3v) is 7.84. The third kappa shape index (κ3) is 4.66. The van der Waals surface area contributed by atoms with Gasteiger partial charge in [-0.25, -0.2) is 9.67 Å². The molecule has 9 heteroatoms. The Morgan fingerprint density at radius 1 is 1.20 bits per heavy atom. The largest absolute Gasteiger partial charge is 0.611 e. The number of imidazole rings is 1. The van der Waals surface area contributed by atoms with E-state index in [2.05, 4.69) is 15.4 Å². The second-order valence-electron chi connectivity index (χ2n) is 9.90. The lowest BCUT2D eigenvalue weighted by molar-refractivity contribution is 0.0951. The first-order chi connectivity index (χ1) is 16.6. The van der Waals surface area contributed by atoms with E-state index >= 15 is 0 Å². The first-order valence-corrected chi connectivity index (χ1v) is 12.7. The van der Waals surface area contributed by atoms with E-state index in [9.17, 15) is 9.35 Å². The van der Waals surface area contributed by atoms with Gasteiger partial charge in [-0.1, -0.05) is 6.07 Å². The Labute approximate surface area is 207 Å². The standard InChI is InChI=1S/C26H29N5O3S/c1-16-6-7-17(25(32)28-19-8-9-19)10-20(16)18-12-27-31(13-18)24-15-30-14-22(35(33)26(2,3)4)21(34-5)11-23(30)29-24/h6-7,10-15,19H,8-9H2,1-5H3,(H,28,32). The van der Waals surface area contributed by atoms with Crippen LogP contribution in [-0.4, -0.2) is 47.5 Å². The summed E-state index contributed by atoms with van der Waals surface area (Å²) in [6, 6.07) is 7.83. The van der Waals surface area contributed by atoms with Crippen molar-refractivity contribution in [3.63, 3.8) is 0 Å². The van der Waals surface area contributed by atoms with Crippen molar-refractivity contribution in [2.45, 2.75) is 56.2 Å². The summed E-state index contributed by atoms with van der Waals surface area (Å²) in [6.07, 6.45) is 9.43. The number of pyridine rings is 1. The average molecular weight is 492 g/mol. The van der Waals surface area contributed by atoms with Gasteiger partial charge in [-0.2, -0.15) is 5.10 Å². The van der Waals surface area contributed by atoms with Crippen LogP contribution in [0.25, 0.3) is 22.6 Å². The smallest absolute Gasteiger partial charge is 0.251 e. The highest BCUT2D eigenvalue weighted by molar-refractivity contribution is 7.92. The minimum absolute atomic E-state index is 0.0427. The molecule has 8 nitrogen and oxygen atoms in total. The molecule has 1 aromatic carbocycles. The maximum atomic E-state index is 13.0. The van der Waals surface area contributed by atoms with Gasteiger partial charge in [0.1, 0.15) is 10.4 Å². The molecule has 35 heavy (non-hydrogen) atoms. The van der Waals surface area contributed by atoms with Gasteiger partial charge in [-0.15, -0.1) is 0 Å². The average Bonchev–Trinajstić information content (AvgIpc) is 3.32. The van der Waals surface area contributed by atoms with Gasteiger partial charge in [0.25, 0.3) is 5.91 Å². The zero-order valence-corrected chi connectivity index (χ0v) is 21.3. The van der Waals surface area contributed by atoms with E-state index in [1.807, 2.05) is 68.9 Å². The van der Waals surface area contributed by atoms with Crippen LogP contribution in [0.15, 0.2) is 53.9 Å². The topological polar surface area (TPSA) is 96.5 Å². The fraction of sp³-hybridized carbons (Fsp3) is 0.346. The second-order valence-corrected chi connectivity index (χ2v) is 12.1. The lowest BCUT2D eigenvalue weighted by Gasteiger charge is -2.25. The van der Waals surface area contributed by atoms with E-state index in [1.165, 1.54) is 0 Å². The molecule has 182 valence electrons. The molecule has 1 aliphatic carbocycles. The van der Waals surface area contributed by atoms with E-state index in [0.29, 0.717) is 33.7 Å². The molecular formula is C26H29N5O3S. The second kappa shape index (κ2) is 8.73. The minimum Gasteiger partial charge on any atom is -0.611 e. The summed E-state index contributed by atoms with van der Waals surface area (Å²) in [5.41, 5.74) is 4.21. The van der Waals surface area contributed by atoms with Crippen LogP contribution in [0.4, 0.5) is 0 Å². The number of carbonyl (C=O) groups excluding carboxylic acids is 1. The number of nitrogens with one attached hydrogen (secondary N) is 1. The van der Waals surface area contributed by atoms with E-state index in [0.717, 1.165) is 29.5 Å². The van der Waals surface area contributed by atoms with Crippen molar-refractivity contribution in [3.05, 3.63) is 60.2 Å². The number of amides is 1. The normalized spacial score (nSPS) is 14.8. The Balaban J connectivity index is 1.48. The van der Waals surface area contributed by atoms with Gasteiger partial charge >= 0.3 is 0 Å². The van der Waals surface area contributed by atoms with Crippen LogP contribution in [0.1, 0.15) is 49.5 Å². The number of methoxy groups -OCH3 is 1. The van der Waals surface area contributed by atoms with Gasteiger partial charge in [-0.05, 0) is 75.0 Å². The Morgan fingerprint density at radius 2 is 1.97 bits per heavy atom. The van der Waals surface area contributed by atoms with Gasteiger partial charge < -0.3 is 14.6 Å². The van der Waals surface area contributed by atoms with Crippen LogP contribution < -0.4 is 10.1 Å². The number of benzene rings is 1. The number of carbonyl (C=O) groups is 1. The highest BCUT2D eigenvalue weighted by atomic mass is 32.2. The van der Waals surface area contributed by atoms with Crippen LogP contribution in [0.2, 0.25) is 0 Å². The summed E-state index contributed by atoms with van der Waals surface area (Å²) < 4.78 is 21.7. The summed E-state index contributed by atoms with van der Waals surface area (Å²) in [5, 5.41) is 7.56. The molecule has 1 aliphatic rings. The fourth-order valence-electron chi connectivity index (χ4n) is 3.88. The number of nitrogens with zero attached hydrogens (tertiary/aromatic N) is 4. The number of aromatic nitrogens is 4. The summed E-state index contributed by atoms with van der Waals surface area (Å²) in [7, 11) is 1.57. The van der Waals surface area contributed by atoms with Crippen molar-refractivity contribution >= 4 is 22.7 Å². The Hall–Kier alpha value is -3.30. The molecule has 1 saturated carbocycles. The lowest BCUT2D eigenvalue weighted by Crippen LogP contribution is -2.28. The van der Waals surface area contributed by atoms with Crippen molar-refractivity contribution in [1.29, 1.82) is 0 Å². The van der Waals surface area contributed by atoms with E-state index in [1.54, 1.807) is 24.1 Å². The molecule has 0 spiro atoms. The fourth-order valence-corrected chi connectivity index (χ4v) is 5.07. The van der Waals surface area contributed by atoms with Crippen molar-refractivity contribution in [1.82, 2.24) is 24.5 Å². The Kier molecular flexibility index (Phi) is 5.85. The number of hydrogen-bond acceptors (Lipinski definition) is 5. The third-order valence-electron chi connectivity index (χ3n) is 6.02. The zero-order valence-electron chi connectivity index (χ0n) is 20.5. The van der Waals surface area contributed by atoms with E-state index < -0.39 is 15.9 Å². The van der Waals surface area contributed by atoms with Crippen molar-refractivity contribution in [3.8, 4) is 22.7 Å².